The number of carbonyl (C=O) groups is 1. The molecule has 1 aliphatic heterocycles. The quantitative estimate of drug-likeness (QED) is 0.671. The van der Waals surface area contributed by atoms with Gasteiger partial charge in [0.2, 0.25) is 5.91 Å². The highest BCUT2D eigenvalue weighted by atomic mass is 16.5. The lowest BCUT2D eigenvalue weighted by Crippen LogP contribution is -2.49. The molecule has 3 N–H and O–H groups in total. The molecule has 0 aromatic heterocycles. The molecule has 1 heterocycles. The van der Waals surface area contributed by atoms with Crippen molar-refractivity contribution in [2.45, 2.75) is 32.5 Å². The third-order valence-corrected chi connectivity index (χ3v) is 2.69. The van der Waals surface area contributed by atoms with E-state index in [2.05, 4.69) is 10.2 Å². The first-order valence-electron chi connectivity index (χ1n) is 6.00. The number of morpholine rings is 1. The van der Waals surface area contributed by atoms with Gasteiger partial charge in [0.1, 0.15) is 0 Å². The predicted molar refractivity (Wildman–Crippen MR) is 63.1 cm³/mol. The van der Waals surface area contributed by atoms with Crippen LogP contribution in [-0.2, 0) is 9.53 Å². The molecule has 0 radical (unpaired) electrons. The Balaban J connectivity index is 2.27. The minimum Gasteiger partial charge on any atom is -0.371 e. The molecule has 1 amide bonds. The standard InChI is InChI=1S/C11H23N3O2/c1-3-13-11(15)4-5-14-7-9(2)16-10(6-12)8-14/h9-10H,3-8,12H2,1-2H3,(H,13,15). The third kappa shape index (κ3) is 4.47. The van der Waals surface area contributed by atoms with Gasteiger partial charge in [0.15, 0.2) is 0 Å². The van der Waals surface area contributed by atoms with Crippen LogP contribution in [0.4, 0.5) is 0 Å². The molecular weight excluding hydrogens is 206 g/mol. The molecular formula is C11H23N3O2. The minimum absolute atomic E-state index is 0.109. The summed E-state index contributed by atoms with van der Waals surface area (Å²) in [4.78, 5) is 13.6. The van der Waals surface area contributed by atoms with Crippen molar-refractivity contribution in [1.82, 2.24) is 10.2 Å². The van der Waals surface area contributed by atoms with Crippen LogP contribution in [0, 0.1) is 0 Å². The summed E-state index contributed by atoms with van der Waals surface area (Å²) < 4.78 is 5.65. The highest BCUT2D eigenvalue weighted by Gasteiger charge is 2.24. The lowest BCUT2D eigenvalue weighted by Gasteiger charge is -2.36. The van der Waals surface area contributed by atoms with Gasteiger partial charge in [-0.3, -0.25) is 9.69 Å². The summed E-state index contributed by atoms with van der Waals surface area (Å²) in [5.41, 5.74) is 5.60. The Hall–Kier alpha value is -0.650. The fourth-order valence-electron chi connectivity index (χ4n) is 2.00. The number of hydrogen-bond acceptors (Lipinski definition) is 4. The van der Waals surface area contributed by atoms with Gasteiger partial charge in [0, 0.05) is 39.1 Å². The van der Waals surface area contributed by atoms with Gasteiger partial charge in [0.05, 0.1) is 12.2 Å². The molecule has 0 aliphatic carbocycles. The van der Waals surface area contributed by atoms with Gasteiger partial charge in [-0.15, -0.1) is 0 Å². The molecule has 16 heavy (non-hydrogen) atoms. The second-order valence-corrected chi connectivity index (χ2v) is 4.27. The Morgan fingerprint density at radius 3 is 2.94 bits per heavy atom. The van der Waals surface area contributed by atoms with Crippen molar-refractivity contribution in [3.8, 4) is 0 Å². The third-order valence-electron chi connectivity index (χ3n) is 2.69. The number of nitrogens with one attached hydrogen (secondary N) is 1. The van der Waals surface area contributed by atoms with Crippen molar-refractivity contribution in [3.63, 3.8) is 0 Å². The SMILES string of the molecule is CCNC(=O)CCN1CC(C)OC(CN)C1. The van der Waals surface area contributed by atoms with E-state index in [1.807, 2.05) is 13.8 Å². The maximum absolute atomic E-state index is 11.3. The zero-order chi connectivity index (χ0) is 12.0. The number of amides is 1. The fourth-order valence-corrected chi connectivity index (χ4v) is 2.00. The van der Waals surface area contributed by atoms with Crippen LogP contribution in [0.25, 0.3) is 0 Å². The van der Waals surface area contributed by atoms with Crippen molar-refractivity contribution in [1.29, 1.82) is 0 Å². The van der Waals surface area contributed by atoms with Gasteiger partial charge >= 0.3 is 0 Å². The van der Waals surface area contributed by atoms with Crippen LogP contribution in [0.2, 0.25) is 0 Å². The average molecular weight is 229 g/mol. The molecule has 1 fully saturated rings. The Labute approximate surface area is 97.3 Å². The molecule has 0 bridgehead atoms. The molecule has 0 aromatic rings. The van der Waals surface area contributed by atoms with Gasteiger partial charge < -0.3 is 15.8 Å². The van der Waals surface area contributed by atoms with Crippen LogP contribution in [0.1, 0.15) is 20.3 Å². The summed E-state index contributed by atoms with van der Waals surface area (Å²) in [6, 6.07) is 0. The second kappa shape index (κ2) is 6.83. The van der Waals surface area contributed by atoms with Gasteiger partial charge in [-0.05, 0) is 13.8 Å². The maximum Gasteiger partial charge on any atom is 0.221 e. The highest BCUT2D eigenvalue weighted by molar-refractivity contribution is 5.75. The molecule has 2 atom stereocenters. The highest BCUT2D eigenvalue weighted by Crippen LogP contribution is 2.10. The molecule has 0 saturated carbocycles. The monoisotopic (exact) mass is 229 g/mol. The summed E-state index contributed by atoms with van der Waals surface area (Å²) in [6.07, 6.45) is 0.868. The van der Waals surface area contributed by atoms with Crippen LogP contribution in [0.15, 0.2) is 0 Å². The van der Waals surface area contributed by atoms with Crippen molar-refractivity contribution in [3.05, 3.63) is 0 Å². The summed E-state index contributed by atoms with van der Waals surface area (Å²) in [5, 5.41) is 2.80. The van der Waals surface area contributed by atoms with Crippen LogP contribution < -0.4 is 11.1 Å². The fraction of sp³-hybridized carbons (Fsp3) is 0.909. The maximum atomic E-state index is 11.3. The molecule has 5 nitrogen and oxygen atoms in total. The topological polar surface area (TPSA) is 67.6 Å². The Morgan fingerprint density at radius 1 is 1.56 bits per heavy atom. The van der Waals surface area contributed by atoms with Crippen LogP contribution >= 0.6 is 0 Å². The molecule has 0 aromatic carbocycles. The molecule has 1 saturated heterocycles. The number of ether oxygens (including phenoxy) is 1. The number of hydrogen-bond donors (Lipinski definition) is 2. The number of nitrogens with two attached hydrogens (primary N) is 1. The molecule has 1 aliphatic rings. The van der Waals surface area contributed by atoms with Crippen LogP contribution in [0.3, 0.4) is 0 Å². The van der Waals surface area contributed by atoms with Gasteiger partial charge in [-0.1, -0.05) is 0 Å². The van der Waals surface area contributed by atoms with Gasteiger partial charge in [-0.25, -0.2) is 0 Å². The Bertz CT molecular complexity index is 223. The molecule has 94 valence electrons. The van der Waals surface area contributed by atoms with Gasteiger partial charge in [0.25, 0.3) is 0 Å². The van der Waals surface area contributed by atoms with Crippen molar-refractivity contribution >= 4 is 5.91 Å². The van der Waals surface area contributed by atoms with E-state index < -0.39 is 0 Å². The van der Waals surface area contributed by atoms with Crippen molar-refractivity contribution in [2.75, 3.05) is 32.7 Å². The zero-order valence-corrected chi connectivity index (χ0v) is 10.2. The second-order valence-electron chi connectivity index (χ2n) is 4.27. The van der Waals surface area contributed by atoms with E-state index in [1.54, 1.807) is 0 Å². The molecule has 2 unspecified atom stereocenters. The van der Waals surface area contributed by atoms with E-state index >= 15 is 0 Å². The molecule has 5 heteroatoms. The van der Waals surface area contributed by atoms with E-state index in [-0.39, 0.29) is 18.1 Å². The van der Waals surface area contributed by atoms with Crippen molar-refractivity contribution in [2.24, 2.45) is 5.73 Å². The smallest absolute Gasteiger partial charge is 0.221 e. The van der Waals surface area contributed by atoms with E-state index in [0.29, 0.717) is 19.5 Å². The van der Waals surface area contributed by atoms with Crippen LogP contribution in [-0.4, -0.2) is 55.7 Å². The first-order chi connectivity index (χ1) is 7.65. The van der Waals surface area contributed by atoms with E-state index in [9.17, 15) is 4.79 Å². The number of rotatable bonds is 5. The van der Waals surface area contributed by atoms with Crippen molar-refractivity contribution < 1.29 is 9.53 Å². The predicted octanol–water partition coefficient (Wildman–Crippen LogP) is -0.439. The number of carbonyl (C=O) groups excluding carboxylic acids is 1. The average Bonchev–Trinajstić information content (AvgIpc) is 2.26. The van der Waals surface area contributed by atoms with E-state index in [4.69, 9.17) is 10.5 Å². The molecule has 1 rings (SSSR count). The van der Waals surface area contributed by atoms with Crippen LogP contribution in [0.5, 0.6) is 0 Å². The molecule has 0 spiro atoms. The largest absolute Gasteiger partial charge is 0.371 e. The minimum atomic E-state index is 0.109. The summed E-state index contributed by atoms with van der Waals surface area (Å²) in [5.74, 6) is 0.117. The van der Waals surface area contributed by atoms with Gasteiger partial charge in [-0.2, -0.15) is 0 Å². The normalized spacial score (nSPS) is 26.7. The summed E-state index contributed by atoms with van der Waals surface area (Å²) >= 11 is 0. The van der Waals surface area contributed by atoms with E-state index in [0.717, 1.165) is 19.6 Å². The zero-order valence-electron chi connectivity index (χ0n) is 10.2. The van der Waals surface area contributed by atoms with E-state index in [1.165, 1.54) is 0 Å². The summed E-state index contributed by atoms with van der Waals surface area (Å²) in [7, 11) is 0. The number of nitrogens with zero attached hydrogens (tertiary/aromatic N) is 1. The first-order valence-corrected chi connectivity index (χ1v) is 6.00. The Kier molecular flexibility index (Phi) is 5.73. The lowest BCUT2D eigenvalue weighted by atomic mass is 10.2. The summed E-state index contributed by atoms with van der Waals surface area (Å²) in [6.45, 7) is 7.72. The Morgan fingerprint density at radius 2 is 2.31 bits per heavy atom. The first kappa shape index (κ1) is 13.4. The lowest BCUT2D eigenvalue weighted by molar-refractivity contribution is -0.122.